The van der Waals surface area contributed by atoms with Crippen molar-refractivity contribution in [1.82, 2.24) is 10.3 Å². The minimum absolute atomic E-state index is 0.0222. The maximum Gasteiger partial charge on any atom is 0.408 e. The molecule has 0 aliphatic heterocycles. The summed E-state index contributed by atoms with van der Waals surface area (Å²) in [6.45, 7) is 6.45. The molecule has 0 radical (unpaired) electrons. The summed E-state index contributed by atoms with van der Waals surface area (Å²) >= 11 is 0. The zero-order chi connectivity index (χ0) is 20.2. The van der Waals surface area contributed by atoms with E-state index < -0.39 is 28.6 Å². The van der Waals surface area contributed by atoms with E-state index in [0.29, 0.717) is 0 Å². The van der Waals surface area contributed by atoms with E-state index in [1.807, 2.05) is 0 Å². The lowest BCUT2D eigenvalue weighted by Gasteiger charge is -2.21. The number of nitrogens with zero attached hydrogens (tertiary/aromatic N) is 2. The minimum atomic E-state index is -1.04. The highest BCUT2D eigenvalue weighted by atomic mass is 17.2. The Hall–Kier alpha value is -3.43. The maximum absolute atomic E-state index is 12.0. The number of rotatable bonds is 5. The van der Waals surface area contributed by atoms with Crippen LogP contribution in [0, 0.1) is 10.1 Å². The van der Waals surface area contributed by atoms with Crippen molar-refractivity contribution in [3.63, 3.8) is 0 Å². The third-order valence-corrected chi connectivity index (χ3v) is 3.21. The van der Waals surface area contributed by atoms with E-state index in [-0.39, 0.29) is 22.3 Å². The Bertz CT molecular complexity index is 876. The summed E-state index contributed by atoms with van der Waals surface area (Å²) in [5.41, 5.74) is -0.711. The molecule has 1 aromatic heterocycles. The zero-order valence-electron chi connectivity index (χ0n) is 15.2. The molecule has 2 aromatic rings. The SMILES string of the molecule is CC(NC(=O)OC(C)(C)C)C(=O)OOc1ccc([N+](=O)[O-])c2cccnc12. The number of nitrogens with one attached hydrogen (secondary N) is 1. The minimum Gasteiger partial charge on any atom is -0.444 e. The summed E-state index contributed by atoms with van der Waals surface area (Å²) in [5.74, 6) is -0.864. The number of nitro groups is 1. The van der Waals surface area contributed by atoms with Crippen molar-refractivity contribution in [1.29, 1.82) is 0 Å². The Morgan fingerprint density at radius 1 is 1.26 bits per heavy atom. The molecular formula is C17H19N3O7. The van der Waals surface area contributed by atoms with E-state index in [2.05, 4.69) is 10.3 Å². The number of non-ortho nitro benzene ring substituents is 1. The summed E-state index contributed by atoms with van der Waals surface area (Å²) in [7, 11) is 0. The predicted molar refractivity (Wildman–Crippen MR) is 93.9 cm³/mol. The van der Waals surface area contributed by atoms with E-state index in [1.165, 1.54) is 37.4 Å². The van der Waals surface area contributed by atoms with Crippen LogP contribution in [-0.4, -0.2) is 33.6 Å². The Balaban J connectivity index is 2.06. The lowest BCUT2D eigenvalue weighted by molar-refractivity contribution is -0.383. The number of carbonyl (C=O) groups is 2. The summed E-state index contributed by atoms with van der Waals surface area (Å²) in [6.07, 6.45) is 0.641. The van der Waals surface area contributed by atoms with Crippen LogP contribution in [-0.2, 0) is 14.4 Å². The number of hydrogen-bond donors (Lipinski definition) is 1. The highest BCUT2D eigenvalue weighted by Crippen LogP contribution is 2.31. The maximum atomic E-state index is 12.0. The lowest BCUT2D eigenvalue weighted by Crippen LogP contribution is -2.42. The molecule has 1 unspecified atom stereocenters. The number of nitro benzene ring substituents is 1. The predicted octanol–water partition coefficient (Wildman–Crippen LogP) is 2.89. The Morgan fingerprint density at radius 3 is 2.59 bits per heavy atom. The van der Waals surface area contributed by atoms with E-state index in [4.69, 9.17) is 14.5 Å². The van der Waals surface area contributed by atoms with Gasteiger partial charge in [0.2, 0.25) is 5.75 Å². The van der Waals surface area contributed by atoms with Crippen molar-refractivity contribution in [2.75, 3.05) is 0 Å². The third kappa shape index (κ3) is 5.27. The normalized spacial score (nSPS) is 12.1. The molecule has 0 saturated heterocycles. The fourth-order valence-corrected chi connectivity index (χ4v) is 2.06. The number of carbonyl (C=O) groups excluding carboxylic acids is 2. The first-order chi connectivity index (χ1) is 12.6. The molecule has 0 saturated carbocycles. The average molecular weight is 377 g/mol. The fourth-order valence-electron chi connectivity index (χ4n) is 2.06. The quantitative estimate of drug-likeness (QED) is 0.478. The van der Waals surface area contributed by atoms with Gasteiger partial charge < -0.3 is 10.1 Å². The molecule has 1 aromatic carbocycles. The first-order valence-corrected chi connectivity index (χ1v) is 7.98. The largest absolute Gasteiger partial charge is 0.444 e. The van der Waals surface area contributed by atoms with Gasteiger partial charge in [0, 0.05) is 12.3 Å². The van der Waals surface area contributed by atoms with Crippen LogP contribution < -0.4 is 10.2 Å². The molecule has 0 aliphatic carbocycles. The van der Waals surface area contributed by atoms with Crippen molar-refractivity contribution < 1.29 is 29.0 Å². The van der Waals surface area contributed by atoms with Crippen LogP contribution in [0.2, 0.25) is 0 Å². The molecule has 0 aliphatic rings. The van der Waals surface area contributed by atoms with Gasteiger partial charge in [-0.1, -0.05) is 0 Å². The number of fused-ring (bicyclic) bond motifs is 1. The number of alkyl carbamates (subject to hydrolysis) is 1. The molecule has 1 atom stereocenters. The number of ether oxygens (including phenoxy) is 1. The Labute approximate surface area is 154 Å². The molecule has 0 bridgehead atoms. The molecule has 1 amide bonds. The summed E-state index contributed by atoms with van der Waals surface area (Å²) in [5, 5.41) is 13.6. The standard InChI is InChI=1S/C17H19N3O7/c1-10(19-16(22)25-17(2,3)4)15(21)27-26-13-8-7-12(20(23)24)11-6-5-9-18-14(11)13/h5-10H,1-4H3,(H,19,22). The second kappa shape index (κ2) is 7.85. The van der Waals surface area contributed by atoms with Crippen molar-refractivity contribution in [3.05, 3.63) is 40.6 Å². The second-order valence-corrected chi connectivity index (χ2v) is 6.59. The molecule has 144 valence electrons. The average Bonchev–Trinajstić information content (AvgIpc) is 2.57. The molecule has 10 nitrogen and oxygen atoms in total. The molecule has 0 fully saturated rings. The van der Waals surface area contributed by atoms with Crippen LogP contribution in [0.5, 0.6) is 5.75 Å². The Morgan fingerprint density at radius 2 is 1.96 bits per heavy atom. The van der Waals surface area contributed by atoms with Gasteiger partial charge in [0.05, 0.1) is 10.3 Å². The summed E-state index contributed by atoms with van der Waals surface area (Å²) in [6, 6.07) is 4.49. The second-order valence-electron chi connectivity index (χ2n) is 6.59. The number of hydrogen-bond acceptors (Lipinski definition) is 8. The van der Waals surface area contributed by atoms with Gasteiger partial charge in [-0.05, 0) is 45.9 Å². The molecule has 2 rings (SSSR count). The van der Waals surface area contributed by atoms with Crippen LogP contribution in [0.4, 0.5) is 10.5 Å². The van der Waals surface area contributed by atoms with Gasteiger partial charge in [-0.15, -0.1) is 0 Å². The van der Waals surface area contributed by atoms with Gasteiger partial charge in [-0.3, -0.25) is 20.0 Å². The number of benzene rings is 1. The fraction of sp³-hybridized carbons (Fsp3) is 0.353. The molecule has 1 heterocycles. The number of pyridine rings is 1. The van der Waals surface area contributed by atoms with E-state index in [0.717, 1.165) is 0 Å². The van der Waals surface area contributed by atoms with Gasteiger partial charge in [-0.2, -0.15) is 0 Å². The van der Waals surface area contributed by atoms with Gasteiger partial charge in [-0.25, -0.2) is 14.5 Å². The molecule has 10 heteroatoms. The highest BCUT2D eigenvalue weighted by molar-refractivity contribution is 5.92. The highest BCUT2D eigenvalue weighted by Gasteiger charge is 2.24. The van der Waals surface area contributed by atoms with Gasteiger partial charge >= 0.3 is 12.1 Å². The Kier molecular flexibility index (Phi) is 5.78. The van der Waals surface area contributed by atoms with E-state index >= 15 is 0 Å². The first-order valence-electron chi connectivity index (χ1n) is 7.98. The van der Waals surface area contributed by atoms with Gasteiger partial charge in [0.1, 0.15) is 17.2 Å². The van der Waals surface area contributed by atoms with E-state index in [9.17, 15) is 19.7 Å². The monoisotopic (exact) mass is 377 g/mol. The van der Waals surface area contributed by atoms with Gasteiger partial charge in [0.25, 0.3) is 5.69 Å². The smallest absolute Gasteiger partial charge is 0.408 e. The third-order valence-electron chi connectivity index (χ3n) is 3.21. The van der Waals surface area contributed by atoms with Crippen LogP contribution >= 0.6 is 0 Å². The lowest BCUT2D eigenvalue weighted by atomic mass is 10.2. The van der Waals surface area contributed by atoms with Crippen LogP contribution in [0.1, 0.15) is 27.7 Å². The summed E-state index contributed by atoms with van der Waals surface area (Å²) < 4.78 is 5.04. The van der Waals surface area contributed by atoms with Crippen molar-refractivity contribution in [3.8, 4) is 5.75 Å². The van der Waals surface area contributed by atoms with Crippen molar-refractivity contribution in [2.45, 2.75) is 39.3 Å². The van der Waals surface area contributed by atoms with Crippen LogP contribution in [0.3, 0.4) is 0 Å². The van der Waals surface area contributed by atoms with Crippen LogP contribution in [0.25, 0.3) is 10.9 Å². The molecule has 27 heavy (non-hydrogen) atoms. The van der Waals surface area contributed by atoms with Crippen molar-refractivity contribution in [2.24, 2.45) is 0 Å². The number of amides is 1. The number of aromatic nitrogens is 1. The molecular weight excluding hydrogens is 358 g/mol. The van der Waals surface area contributed by atoms with Crippen LogP contribution in [0.15, 0.2) is 30.5 Å². The molecule has 0 spiro atoms. The topological polar surface area (TPSA) is 130 Å². The van der Waals surface area contributed by atoms with E-state index in [1.54, 1.807) is 20.8 Å². The first kappa shape index (κ1) is 19.9. The van der Waals surface area contributed by atoms with Crippen molar-refractivity contribution >= 4 is 28.7 Å². The zero-order valence-corrected chi connectivity index (χ0v) is 15.2. The summed E-state index contributed by atoms with van der Waals surface area (Å²) in [4.78, 5) is 47.9. The molecule has 1 N–H and O–H groups in total. The van der Waals surface area contributed by atoms with Gasteiger partial charge in [0.15, 0.2) is 0 Å².